The molecule has 1 aliphatic carbocycles. The SMILES string of the molecule is CCC(CC(C)C1C2C(CC#N)OC(C(C)C)C(N)C12)C(C)O. The van der Waals surface area contributed by atoms with E-state index in [1.54, 1.807) is 0 Å². The monoisotopic (exact) mass is 322 g/mol. The Labute approximate surface area is 141 Å². The van der Waals surface area contributed by atoms with Crippen LogP contribution in [0.15, 0.2) is 0 Å². The third-order valence-corrected chi connectivity index (χ3v) is 6.27. The Morgan fingerprint density at radius 1 is 1.22 bits per heavy atom. The van der Waals surface area contributed by atoms with E-state index in [0.29, 0.717) is 41.9 Å². The van der Waals surface area contributed by atoms with E-state index in [9.17, 15) is 5.11 Å². The summed E-state index contributed by atoms with van der Waals surface area (Å²) in [6, 6.07) is 2.37. The standard InChI is InChI=1S/C19H34N2O2/c1-6-13(12(5)22)9-11(4)15-16-14(7-8-20)23-19(10(2)3)18(21)17(15)16/h10-19,22H,6-7,9,21H2,1-5H3. The molecule has 2 rings (SSSR count). The van der Waals surface area contributed by atoms with Gasteiger partial charge in [0.15, 0.2) is 0 Å². The minimum absolute atomic E-state index is 0.0382. The molecule has 132 valence electrons. The van der Waals surface area contributed by atoms with Gasteiger partial charge >= 0.3 is 0 Å². The Morgan fingerprint density at radius 2 is 1.87 bits per heavy atom. The van der Waals surface area contributed by atoms with Gasteiger partial charge in [0.05, 0.1) is 30.8 Å². The second-order valence-corrected chi connectivity index (χ2v) is 8.18. The molecule has 0 aromatic rings. The van der Waals surface area contributed by atoms with Gasteiger partial charge in [0.25, 0.3) is 0 Å². The van der Waals surface area contributed by atoms with E-state index >= 15 is 0 Å². The number of aliphatic hydroxyl groups is 1. The number of ether oxygens (including phenoxy) is 1. The molecule has 2 fully saturated rings. The molecular formula is C19H34N2O2. The Bertz CT molecular complexity index is 432. The molecule has 4 heteroatoms. The smallest absolute Gasteiger partial charge is 0.0756 e. The zero-order chi connectivity index (χ0) is 17.3. The van der Waals surface area contributed by atoms with Crippen molar-refractivity contribution in [3.8, 4) is 6.07 Å². The highest BCUT2D eigenvalue weighted by atomic mass is 16.5. The highest BCUT2D eigenvalue weighted by Crippen LogP contribution is 2.60. The molecule has 0 radical (unpaired) electrons. The number of nitrogens with two attached hydrogens (primary N) is 1. The molecule has 3 N–H and O–H groups in total. The van der Waals surface area contributed by atoms with Crippen molar-refractivity contribution in [2.24, 2.45) is 41.2 Å². The molecule has 1 saturated heterocycles. The number of hydrogen-bond acceptors (Lipinski definition) is 4. The van der Waals surface area contributed by atoms with Gasteiger partial charge in [-0.05, 0) is 48.9 Å². The van der Waals surface area contributed by atoms with E-state index in [2.05, 4.69) is 33.8 Å². The van der Waals surface area contributed by atoms with E-state index in [4.69, 9.17) is 15.7 Å². The highest BCUT2D eigenvalue weighted by Gasteiger charge is 2.63. The fourth-order valence-corrected chi connectivity index (χ4v) is 4.97. The van der Waals surface area contributed by atoms with Crippen molar-refractivity contribution in [2.75, 3.05) is 0 Å². The molecule has 1 heterocycles. The van der Waals surface area contributed by atoms with Gasteiger partial charge < -0.3 is 15.6 Å². The van der Waals surface area contributed by atoms with Crippen LogP contribution < -0.4 is 5.73 Å². The Balaban J connectivity index is 2.08. The van der Waals surface area contributed by atoms with E-state index in [1.165, 1.54) is 0 Å². The number of nitrogens with zero attached hydrogens (tertiary/aromatic N) is 1. The van der Waals surface area contributed by atoms with Gasteiger partial charge in [0.1, 0.15) is 0 Å². The van der Waals surface area contributed by atoms with Crippen molar-refractivity contribution in [3.05, 3.63) is 0 Å². The molecule has 1 saturated carbocycles. The van der Waals surface area contributed by atoms with Crippen molar-refractivity contribution < 1.29 is 9.84 Å². The molecule has 0 aromatic carbocycles. The van der Waals surface area contributed by atoms with E-state index in [1.807, 2.05) is 6.92 Å². The first-order valence-corrected chi connectivity index (χ1v) is 9.29. The van der Waals surface area contributed by atoms with Crippen LogP contribution in [0.5, 0.6) is 0 Å². The third kappa shape index (κ3) is 3.73. The summed E-state index contributed by atoms with van der Waals surface area (Å²) in [5, 5.41) is 19.1. The lowest BCUT2D eigenvalue weighted by atomic mass is 9.85. The van der Waals surface area contributed by atoms with Gasteiger partial charge in [-0.2, -0.15) is 5.26 Å². The fraction of sp³-hybridized carbons (Fsp3) is 0.947. The maximum Gasteiger partial charge on any atom is 0.0756 e. The molecule has 9 atom stereocenters. The van der Waals surface area contributed by atoms with Gasteiger partial charge in [-0.1, -0.05) is 34.1 Å². The first-order valence-electron chi connectivity index (χ1n) is 9.29. The van der Waals surface area contributed by atoms with Crippen LogP contribution in [0.25, 0.3) is 0 Å². The number of aliphatic hydroxyl groups excluding tert-OH is 1. The lowest BCUT2D eigenvalue weighted by Crippen LogP contribution is -2.48. The summed E-state index contributed by atoms with van der Waals surface area (Å²) in [7, 11) is 0. The van der Waals surface area contributed by atoms with Crippen molar-refractivity contribution >= 4 is 0 Å². The summed E-state index contributed by atoms with van der Waals surface area (Å²) in [6.45, 7) is 10.6. The minimum Gasteiger partial charge on any atom is -0.393 e. The largest absolute Gasteiger partial charge is 0.393 e. The van der Waals surface area contributed by atoms with Crippen LogP contribution >= 0.6 is 0 Å². The summed E-state index contributed by atoms with van der Waals surface area (Å²) in [5.41, 5.74) is 6.52. The van der Waals surface area contributed by atoms with Gasteiger partial charge in [-0.3, -0.25) is 0 Å². The quantitative estimate of drug-likeness (QED) is 0.755. The molecule has 2 aliphatic rings. The molecule has 0 aromatic heterocycles. The first kappa shape index (κ1) is 18.7. The van der Waals surface area contributed by atoms with E-state index in [-0.39, 0.29) is 24.4 Å². The van der Waals surface area contributed by atoms with Gasteiger partial charge in [0.2, 0.25) is 0 Å². The van der Waals surface area contributed by atoms with Gasteiger partial charge in [-0.15, -0.1) is 0 Å². The Hall–Kier alpha value is -0.630. The molecule has 23 heavy (non-hydrogen) atoms. The normalized spacial score (nSPS) is 40.1. The van der Waals surface area contributed by atoms with Gasteiger partial charge in [-0.25, -0.2) is 0 Å². The second-order valence-electron chi connectivity index (χ2n) is 8.18. The van der Waals surface area contributed by atoms with E-state index < -0.39 is 0 Å². The van der Waals surface area contributed by atoms with Crippen molar-refractivity contribution in [1.82, 2.24) is 0 Å². The lowest BCUT2D eigenvalue weighted by Gasteiger charge is -2.35. The predicted molar refractivity (Wildman–Crippen MR) is 91.4 cm³/mol. The summed E-state index contributed by atoms with van der Waals surface area (Å²) >= 11 is 0. The Kier molecular flexibility index (Phi) is 6.10. The maximum absolute atomic E-state index is 9.93. The van der Waals surface area contributed by atoms with Crippen LogP contribution in [0, 0.1) is 46.8 Å². The zero-order valence-corrected chi connectivity index (χ0v) is 15.3. The third-order valence-electron chi connectivity index (χ3n) is 6.27. The van der Waals surface area contributed by atoms with Crippen LogP contribution in [-0.2, 0) is 4.74 Å². The topological polar surface area (TPSA) is 79.3 Å². The van der Waals surface area contributed by atoms with Crippen LogP contribution in [0.3, 0.4) is 0 Å². The number of fused-ring (bicyclic) bond motifs is 1. The number of nitriles is 1. The summed E-state index contributed by atoms with van der Waals surface area (Å²) < 4.78 is 6.22. The molecule has 0 spiro atoms. The molecule has 9 unspecified atom stereocenters. The predicted octanol–water partition coefficient (Wildman–Crippen LogP) is 2.95. The number of rotatable bonds is 7. The van der Waals surface area contributed by atoms with Crippen LogP contribution in [0.1, 0.15) is 53.9 Å². The summed E-state index contributed by atoms with van der Waals surface area (Å²) in [5.74, 6) is 2.70. The average molecular weight is 322 g/mol. The molecule has 4 nitrogen and oxygen atoms in total. The second kappa shape index (κ2) is 7.51. The Morgan fingerprint density at radius 3 is 2.35 bits per heavy atom. The summed E-state index contributed by atoms with van der Waals surface area (Å²) in [6.07, 6.45) is 2.34. The lowest BCUT2D eigenvalue weighted by molar-refractivity contribution is -0.0856. The van der Waals surface area contributed by atoms with Crippen LogP contribution in [-0.4, -0.2) is 29.5 Å². The molecular weight excluding hydrogens is 288 g/mol. The maximum atomic E-state index is 9.93. The average Bonchev–Trinajstić information content (AvgIpc) is 3.23. The molecule has 0 bridgehead atoms. The molecule has 0 amide bonds. The minimum atomic E-state index is -0.258. The first-order chi connectivity index (χ1) is 10.8. The van der Waals surface area contributed by atoms with Gasteiger partial charge in [0, 0.05) is 6.04 Å². The van der Waals surface area contributed by atoms with E-state index in [0.717, 1.165) is 12.8 Å². The highest BCUT2D eigenvalue weighted by molar-refractivity contribution is 5.13. The molecule has 1 aliphatic heterocycles. The van der Waals surface area contributed by atoms with Crippen molar-refractivity contribution in [2.45, 2.75) is 78.2 Å². The fourth-order valence-electron chi connectivity index (χ4n) is 4.97. The zero-order valence-electron chi connectivity index (χ0n) is 15.3. The number of hydrogen-bond donors (Lipinski definition) is 2. The van der Waals surface area contributed by atoms with Crippen molar-refractivity contribution in [3.63, 3.8) is 0 Å². The van der Waals surface area contributed by atoms with Crippen molar-refractivity contribution in [1.29, 1.82) is 5.26 Å². The van der Waals surface area contributed by atoms with Crippen LogP contribution in [0.2, 0.25) is 0 Å². The summed E-state index contributed by atoms with van der Waals surface area (Å²) in [4.78, 5) is 0. The van der Waals surface area contributed by atoms with Crippen LogP contribution in [0.4, 0.5) is 0 Å².